The summed E-state index contributed by atoms with van der Waals surface area (Å²) >= 11 is 0. The lowest BCUT2D eigenvalue weighted by atomic mass is 9.48. The molecular weight excluding hydrogens is 372 g/mol. The third-order valence-electron chi connectivity index (χ3n) is 7.14. The average molecular weight is 397 g/mol. The molecule has 4 aliphatic carbocycles. The third kappa shape index (κ3) is 3.63. The first kappa shape index (κ1) is 18.6. The zero-order chi connectivity index (χ0) is 20.0. The highest BCUT2D eigenvalue weighted by atomic mass is 19.3. The van der Waals surface area contributed by atoms with Crippen LogP contribution in [0.25, 0.3) is 0 Å². The highest BCUT2D eigenvalue weighted by Gasteiger charge is 2.51. The smallest absolute Gasteiger partial charge is 0.387 e. The minimum absolute atomic E-state index is 0.0384. The zero-order valence-electron chi connectivity index (χ0n) is 16.2. The van der Waals surface area contributed by atoms with Crippen LogP contribution in [-0.4, -0.2) is 12.5 Å². The van der Waals surface area contributed by atoms with Gasteiger partial charge in [-0.15, -0.1) is 0 Å². The van der Waals surface area contributed by atoms with Crippen molar-refractivity contribution in [1.82, 2.24) is 0 Å². The molecule has 6 rings (SSSR count). The van der Waals surface area contributed by atoms with Crippen LogP contribution in [-0.2, 0) is 5.41 Å². The second kappa shape index (κ2) is 7.12. The van der Waals surface area contributed by atoms with Crippen LogP contribution in [0, 0.1) is 17.8 Å². The van der Waals surface area contributed by atoms with E-state index in [-0.39, 0.29) is 11.7 Å². The summed E-state index contributed by atoms with van der Waals surface area (Å²) < 4.78 is 28.8. The van der Waals surface area contributed by atoms with E-state index in [2.05, 4.69) is 22.2 Å². The molecule has 0 saturated heterocycles. The van der Waals surface area contributed by atoms with Gasteiger partial charge in [0.05, 0.1) is 0 Å². The van der Waals surface area contributed by atoms with E-state index in [1.807, 2.05) is 12.1 Å². The van der Waals surface area contributed by atoms with Crippen molar-refractivity contribution in [2.45, 2.75) is 50.6 Å². The topological polar surface area (TPSA) is 38.3 Å². The van der Waals surface area contributed by atoms with Crippen molar-refractivity contribution in [1.29, 1.82) is 0 Å². The summed E-state index contributed by atoms with van der Waals surface area (Å²) in [5.74, 6) is 2.47. The Hall–Kier alpha value is -2.43. The number of benzene rings is 2. The molecule has 0 atom stereocenters. The van der Waals surface area contributed by atoms with Crippen LogP contribution in [0.2, 0.25) is 0 Å². The first-order valence-corrected chi connectivity index (χ1v) is 10.5. The Morgan fingerprint density at radius 1 is 0.897 bits per heavy atom. The largest absolute Gasteiger partial charge is 0.435 e. The van der Waals surface area contributed by atoms with E-state index in [4.69, 9.17) is 0 Å². The van der Waals surface area contributed by atoms with Gasteiger partial charge in [-0.25, -0.2) is 0 Å². The number of amides is 1. The second-order valence-electron chi connectivity index (χ2n) is 9.13. The number of ether oxygens (including phenoxy) is 1. The normalized spacial score (nSPS) is 29.8. The van der Waals surface area contributed by atoms with Crippen LogP contribution in [0.5, 0.6) is 5.75 Å². The second-order valence-corrected chi connectivity index (χ2v) is 9.13. The molecular formula is C24H25F2NO2. The van der Waals surface area contributed by atoms with Gasteiger partial charge in [-0.2, -0.15) is 8.78 Å². The van der Waals surface area contributed by atoms with Gasteiger partial charge in [0.25, 0.3) is 5.91 Å². The maximum absolute atomic E-state index is 12.5. The van der Waals surface area contributed by atoms with Gasteiger partial charge in [0, 0.05) is 11.3 Å². The number of halogens is 2. The van der Waals surface area contributed by atoms with E-state index in [9.17, 15) is 13.6 Å². The average Bonchev–Trinajstić information content (AvgIpc) is 2.67. The minimum Gasteiger partial charge on any atom is -0.435 e. The monoisotopic (exact) mass is 397 g/mol. The fraction of sp³-hybridized carbons (Fsp3) is 0.458. The molecule has 2 aromatic carbocycles. The maximum Gasteiger partial charge on any atom is 0.387 e. The molecule has 0 radical (unpaired) electrons. The van der Waals surface area contributed by atoms with Gasteiger partial charge in [-0.1, -0.05) is 12.1 Å². The van der Waals surface area contributed by atoms with E-state index in [1.165, 1.54) is 68.4 Å². The fourth-order valence-electron chi connectivity index (χ4n) is 6.36. The molecule has 152 valence electrons. The first-order chi connectivity index (χ1) is 14.0. The first-order valence-electron chi connectivity index (χ1n) is 10.5. The van der Waals surface area contributed by atoms with Crippen molar-refractivity contribution in [2.24, 2.45) is 17.8 Å². The number of hydrogen-bond donors (Lipinski definition) is 1. The van der Waals surface area contributed by atoms with Crippen LogP contribution < -0.4 is 10.1 Å². The van der Waals surface area contributed by atoms with Crippen molar-refractivity contribution in [3.8, 4) is 5.75 Å². The molecule has 4 saturated carbocycles. The fourth-order valence-corrected chi connectivity index (χ4v) is 6.36. The summed E-state index contributed by atoms with van der Waals surface area (Å²) in [6.07, 6.45) is 8.23. The number of anilines is 1. The van der Waals surface area contributed by atoms with Crippen molar-refractivity contribution in [3.63, 3.8) is 0 Å². The Labute approximate surface area is 169 Å². The van der Waals surface area contributed by atoms with Gasteiger partial charge in [0.1, 0.15) is 5.75 Å². The molecule has 4 bridgehead atoms. The maximum atomic E-state index is 12.5. The molecule has 5 heteroatoms. The SMILES string of the molecule is O=C(Nc1ccc(C23CC4CC(CC(C4)C2)C3)cc1)c1ccc(OC(F)F)cc1. The Kier molecular flexibility index (Phi) is 4.56. The van der Waals surface area contributed by atoms with Gasteiger partial charge in [0.15, 0.2) is 0 Å². The van der Waals surface area contributed by atoms with E-state index < -0.39 is 6.61 Å². The van der Waals surface area contributed by atoms with Gasteiger partial charge in [-0.3, -0.25) is 4.79 Å². The number of rotatable bonds is 5. The Morgan fingerprint density at radius 3 is 1.97 bits per heavy atom. The highest BCUT2D eigenvalue weighted by molar-refractivity contribution is 6.04. The zero-order valence-corrected chi connectivity index (χ0v) is 16.2. The van der Waals surface area contributed by atoms with Crippen LogP contribution >= 0.6 is 0 Å². The van der Waals surface area contributed by atoms with Crippen LogP contribution in [0.15, 0.2) is 48.5 Å². The molecule has 0 heterocycles. The van der Waals surface area contributed by atoms with Crippen LogP contribution in [0.3, 0.4) is 0 Å². The number of hydrogen-bond acceptors (Lipinski definition) is 2. The van der Waals surface area contributed by atoms with E-state index in [1.54, 1.807) is 0 Å². The van der Waals surface area contributed by atoms with Gasteiger partial charge in [-0.05, 0) is 104 Å². The summed E-state index contributed by atoms with van der Waals surface area (Å²) in [6.45, 7) is -2.87. The van der Waals surface area contributed by atoms with Crippen molar-refractivity contribution in [2.75, 3.05) is 5.32 Å². The quantitative estimate of drug-likeness (QED) is 0.671. The molecule has 0 unspecified atom stereocenters. The van der Waals surface area contributed by atoms with E-state index in [0.29, 0.717) is 11.0 Å². The van der Waals surface area contributed by atoms with Crippen molar-refractivity contribution in [3.05, 3.63) is 59.7 Å². The molecule has 1 N–H and O–H groups in total. The van der Waals surface area contributed by atoms with Crippen LogP contribution in [0.4, 0.5) is 14.5 Å². The Balaban J connectivity index is 1.27. The molecule has 4 aliphatic rings. The van der Waals surface area contributed by atoms with E-state index >= 15 is 0 Å². The van der Waals surface area contributed by atoms with Crippen molar-refractivity contribution < 1.29 is 18.3 Å². The van der Waals surface area contributed by atoms with Gasteiger partial charge in [0.2, 0.25) is 0 Å². The highest BCUT2D eigenvalue weighted by Crippen LogP contribution is 2.60. The summed E-state index contributed by atoms with van der Waals surface area (Å²) in [5.41, 5.74) is 2.91. The number of alkyl halides is 2. The van der Waals surface area contributed by atoms with Crippen molar-refractivity contribution >= 4 is 11.6 Å². The Morgan fingerprint density at radius 2 is 1.45 bits per heavy atom. The summed E-state index contributed by atoms with van der Waals surface area (Å²) in [5, 5.41) is 2.89. The molecule has 3 nitrogen and oxygen atoms in total. The van der Waals surface area contributed by atoms with Gasteiger partial charge >= 0.3 is 6.61 Å². The molecule has 0 aliphatic heterocycles. The summed E-state index contributed by atoms with van der Waals surface area (Å²) in [6, 6.07) is 14.0. The minimum atomic E-state index is -2.87. The molecule has 2 aromatic rings. The number of carbonyl (C=O) groups is 1. The number of nitrogens with one attached hydrogen (secondary N) is 1. The molecule has 0 spiro atoms. The number of carbonyl (C=O) groups excluding carboxylic acids is 1. The molecule has 4 fully saturated rings. The van der Waals surface area contributed by atoms with E-state index in [0.717, 1.165) is 23.4 Å². The third-order valence-corrected chi connectivity index (χ3v) is 7.14. The predicted molar refractivity (Wildman–Crippen MR) is 107 cm³/mol. The van der Waals surface area contributed by atoms with Crippen LogP contribution in [0.1, 0.15) is 54.4 Å². The lowest BCUT2D eigenvalue weighted by Crippen LogP contribution is -2.48. The Bertz CT molecular complexity index is 857. The predicted octanol–water partition coefficient (Wildman–Crippen LogP) is 6.01. The molecule has 1 amide bonds. The van der Waals surface area contributed by atoms with Gasteiger partial charge < -0.3 is 10.1 Å². The molecule has 0 aromatic heterocycles. The lowest BCUT2D eigenvalue weighted by molar-refractivity contribution is -0.0498. The lowest BCUT2D eigenvalue weighted by Gasteiger charge is -2.57. The molecule has 29 heavy (non-hydrogen) atoms. The standard InChI is InChI=1S/C24H25F2NO2/c25-23(26)29-21-7-1-18(2-8-21)22(28)27-20-5-3-19(4-6-20)24-12-15-9-16(13-24)11-17(10-15)14-24/h1-8,15-17,23H,9-14H2,(H,27,28). The summed E-state index contributed by atoms with van der Waals surface area (Å²) in [7, 11) is 0. The summed E-state index contributed by atoms with van der Waals surface area (Å²) in [4.78, 5) is 12.5.